The highest BCUT2D eigenvalue weighted by atomic mass is 79.9. The summed E-state index contributed by atoms with van der Waals surface area (Å²) in [7, 11) is -3.81. The number of sulfonamides is 1. The number of carboxylic acid groups (broad SMARTS) is 1. The highest BCUT2D eigenvalue weighted by Gasteiger charge is 2.38. The van der Waals surface area contributed by atoms with Crippen molar-refractivity contribution in [3.05, 3.63) is 27.7 Å². The van der Waals surface area contributed by atoms with Crippen molar-refractivity contribution in [3.8, 4) is 0 Å². The molecule has 0 aromatic heterocycles. The first-order chi connectivity index (χ1) is 9.73. The van der Waals surface area contributed by atoms with E-state index in [-0.39, 0.29) is 22.5 Å². The van der Waals surface area contributed by atoms with Crippen molar-refractivity contribution in [2.75, 3.05) is 6.54 Å². The van der Waals surface area contributed by atoms with Crippen LogP contribution in [-0.2, 0) is 14.8 Å². The smallest absolute Gasteiger partial charge is 0.307 e. The van der Waals surface area contributed by atoms with Gasteiger partial charge < -0.3 is 5.11 Å². The Morgan fingerprint density at radius 2 is 2.10 bits per heavy atom. The van der Waals surface area contributed by atoms with Gasteiger partial charge in [-0.15, -0.1) is 0 Å². The number of halogens is 2. The molecule has 1 fully saturated rings. The lowest BCUT2D eigenvalue weighted by atomic mass is 9.96. The van der Waals surface area contributed by atoms with E-state index in [4.69, 9.17) is 16.7 Å². The predicted molar refractivity (Wildman–Crippen MR) is 82.9 cm³/mol. The monoisotopic (exact) mass is 395 g/mol. The molecule has 0 aliphatic carbocycles. The average Bonchev–Trinajstić information content (AvgIpc) is 2.38. The summed E-state index contributed by atoms with van der Waals surface area (Å²) in [5.74, 6) is -1.64. The zero-order valence-electron chi connectivity index (χ0n) is 11.3. The summed E-state index contributed by atoms with van der Waals surface area (Å²) < 4.78 is 27.4. The van der Waals surface area contributed by atoms with Crippen molar-refractivity contribution in [2.45, 2.75) is 30.7 Å². The molecule has 1 aromatic rings. The molecule has 0 saturated carbocycles. The zero-order chi connectivity index (χ0) is 15.8. The number of hydrogen-bond donors (Lipinski definition) is 1. The van der Waals surface area contributed by atoms with Crippen LogP contribution in [0.1, 0.15) is 19.8 Å². The lowest BCUT2D eigenvalue weighted by Crippen LogP contribution is -2.47. The summed E-state index contributed by atoms with van der Waals surface area (Å²) in [6, 6.07) is 4.30. The van der Waals surface area contributed by atoms with Gasteiger partial charge in [-0.2, -0.15) is 4.31 Å². The number of carbonyl (C=O) groups is 1. The SMILES string of the molecule is CC1CCC(C(=O)O)CN1S(=O)(=O)c1ccc(Br)cc1Cl. The van der Waals surface area contributed by atoms with Crippen LogP contribution in [0.25, 0.3) is 0 Å². The molecular formula is C13H15BrClNO4S. The summed E-state index contributed by atoms with van der Waals surface area (Å²) in [6.45, 7) is 1.76. The third-order valence-corrected chi connectivity index (χ3v) is 6.61. The first kappa shape index (κ1) is 16.7. The molecule has 0 radical (unpaired) electrons. The lowest BCUT2D eigenvalue weighted by Gasteiger charge is -2.35. The molecule has 1 saturated heterocycles. The lowest BCUT2D eigenvalue weighted by molar-refractivity contribution is -0.143. The van der Waals surface area contributed by atoms with Crippen molar-refractivity contribution in [1.29, 1.82) is 0 Å². The molecule has 1 N–H and O–H groups in total. The Bertz CT molecular complexity index is 664. The van der Waals surface area contributed by atoms with Crippen LogP contribution in [0.15, 0.2) is 27.6 Å². The summed E-state index contributed by atoms with van der Waals surface area (Å²) in [6.07, 6.45) is 1.00. The first-order valence-electron chi connectivity index (χ1n) is 6.43. The summed E-state index contributed by atoms with van der Waals surface area (Å²) in [5.41, 5.74) is 0. The fraction of sp³-hybridized carbons (Fsp3) is 0.462. The van der Waals surface area contributed by atoms with E-state index in [0.717, 1.165) is 0 Å². The molecule has 2 rings (SSSR count). The third-order valence-electron chi connectivity index (χ3n) is 3.65. The predicted octanol–water partition coefficient (Wildman–Crippen LogP) is 2.98. The van der Waals surface area contributed by atoms with E-state index in [1.807, 2.05) is 0 Å². The van der Waals surface area contributed by atoms with E-state index >= 15 is 0 Å². The van der Waals surface area contributed by atoms with Crippen LogP contribution in [0, 0.1) is 5.92 Å². The standard InChI is InChI=1S/C13H15BrClNO4S/c1-8-2-3-9(13(17)18)7-16(8)21(19,20)12-5-4-10(14)6-11(12)15/h4-6,8-9H,2-3,7H2,1H3,(H,17,18). The van der Waals surface area contributed by atoms with Crippen LogP contribution in [0.2, 0.25) is 5.02 Å². The second-order valence-electron chi connectivity index (χ2n) is 5.11. The summed E-state index contributed by atoms with van der Waals surface area (Å²) in [4.78, 5) is 11.1. The van der Waals surface area contributed by atoms with Gasteiger partial charge in [0.25, 0.3) is 0 Å². The normalized spacial score (nSPS) is 24.0. The van der Waals surface area contributed by atoms with E-state index in [9.17, 15) is 13.2 Å². The Balaban J connectivity index is 2.39. The van der Waals surface area contributed by atoms with Crippen molar-refractivity contribution in [3.63, 3.8) is 0 Å². The molecule has 8 heteroatoms. The Labute approximate surface area is 137 Å². The maximum atomic E-state index is 12.7. The van der Waals surface area contributed by atoms with Crippen molar-refractivity contribution < 1.29 is 18.3 Å². The molecule has 5 nitrogen and oxygen atoms in total. The topological polar surface area (TPSA) is 74.7 Å². The molecule has 1 aromatic carbocycles. The highest BCUT2D eigenvalue weighted by molar-refractivity contribution is 9.10. The van der Waals surface area contributed by atoms with Crippen molar-refractivity contribution >= 4 is 43.5 Å². The molecule has 21 heavy (non-hydrogen) atoms. The summed E-state index contributed by atoms with van der Waals surface area (Å²) in [5, 5.41) is 9.24. The number of rotatable bonds is 3. The molecule has 1 aliphatic heterocycles. The first-order valence-corrected chi connectivity index (χ1v) is 9.04. The number of nitrogens with zero attached hydrogens (tertiary/aromatic N) is 1. The molecule has 2 atom stereocenters. The van der Waals surface area contributed by atoms with Gasteiger partial charge in [-0.3, -0.25) is 4.79 Å². The number of carboxylic acids is 1. The fourth-order valence-corrected chi connectivity index (χ4v) is 5.14. The van der Waals surface area contributed by atoms with Gasteiger partial charge in [0.15, 0.2) is 0 Å². The minimum atomic E-state index is -3.81. The van der Waals surface area contributed by atoms with Gasteiger partial charge in [0, 0.05) is 17.1 Å². The maximum Gasteiger partial charge on any atom is 0.307 e. The number of hydrogen-bond acceptors (Lipinski definition) is 3. The van der Waals surface area contributed by atoms with Crippen LogP contribution < -0.4 is 0 Å². The zero-order valence-corrected chi connectivity index (χ0v) is 14.4. The largest absolute Gasteiger partial charge is 0.481 e. The molecule has 1 aliphatic rings. The number of benzene rings is 1. The van der Waals surface area contributed by atoms with Crippen LogP contribution in [0.3, 0.4) is 0 Å². The third kappa shape index (κ3) is 3.41. The van der Waals surface area contributed by atoms with E-state index in [0.29, 0.717) is 17.3 Å². The van der Waals surface area contributed by atoms with Gasteiger partial charge in [0.05, 0.1) is 10.9 Å². The van der Waals surface area contributed by atoms with Gasteiger partial charge in [-0.25, -0.2) is 8.42 Å². The Kier molecular flexibility index (Phi) is 4.97. The second-order valence-corrected chi connectivity index (χ2v) is 8.29. The Hall–Kier alpha value is -0.630. The molecule has 116 valence electrons. The van der Waals surface area contributed by atoms with Crippen LogP contribution in [0.4, 0.5) is 0 Å². The molecule has 0 amide bonds. The maximum absolute atomic E-state index is 12.7. The van der Waals surface area contributed by atoms with E-state index in [1.54, 1.807) is 13.0 Å². The van der Waals surface area contributed by atoms with Gasteiger partial charge in [0.2, 0.25) is 10.0 Å². The quantitative estimate of drug-likeness (QED) is 0.852. The number of piperidine rings is 1. The van der Waals surface area contributed by atoms with E-state index in [2.05, 4.69) is 15.9 Å². The minimum Gasteiger partial charge on any atom is -0.481 e. The van der Waals surface area contributed by atoms with Crippen molar-refractivity contribution in [1.82, 2.24) is 4.31 Å². The summed E-state index contributed by atoms with van der Waals surface area (Å²) >= 11 is 9.26. The average molecular weight is 397 g/mol. The number of aliphatic carboxylic acids is 1. The van der Waals surface area contributed by atoms with Crippen molar-refractivity contribution in [2.24, 2.45) is 5.92 Å². The van der Waals surface area contributed by atoms with Crippen LogP contribution >= 0.6 is 27.5 Å². The molecule has 0 bridgehead atoms. The van der Waals surface area contributed by atoms with Gasteiger partial charge in [-0.05, 0) is 38.0 Å². The Morgan fingerprint density at radius 3 is 2.67 bits per heavy atom. The van der Waals surface area contributed by atoms with Gasteiger partial charge in [-0.1, -0.05) is 27.5 Å². The van der Waals surface area contributed by atoms with Crippen LogP contribution in [-0.4, -0.2) is 36.4 Å². The molecular weight excluding hydrogens is 382 g/mol. The van der Waals surface area contributed by atoms with Gasteiger partial charge in [0.1, 0.15) is 4.90 Å². The fourth-order valence-electron chi connectivity index (χ4n) is 2.42. The van der Waals surface area contributed by atoms with E-state index < -0.39 is 21.9 Å². The molecule has 0 spiro atoms. The molecule has 2 unspecified atom stereocenters. The minimum absolute atomic E-state index is 0.00487. The van der Waals surface area contributed by atoms with E-state index in [1.165, 1.54) is 16.4 Å². The highest BCUT2D eigenvalue weighted by Crippen LogP contribution is 2.32. The molecule has 1 heterocycles. The van der Waals surface area contributed by atoms with Crippen LogP contribution in [0.5, 0.6) is 0 Å². The van der Waals surface area contributed by atoms with Gasteiger partial charge >= 0.3 is 5.97 Å². The second kappa shape index (κ2) is 6.24. The Morgan fingerprint density at radius 1 is 1.43 bits per heavy atom.